The van der Waals surface area contributed by atoms with Gasteiger partial charge in [-0.05, 0) is 37.5 Å². The topological polar surface area (TPSA) is 38.8 Å². The number of esters is 1. The minimum atomic E-state index is -0.663. The Morgan fingerprint density at radius 3 is 3.00 bits per heavy atom. The largest absolute Gasteiger partial charge is 0.423 e. The molecule has 3 saturated carbocycles. The molecule has 18 heavy (non-hydrogen) atoms. The van der Waals surface area contributed by atoms with Crippen LogP contribution in [0.25, 0.3) is 0 Å². The average Bonchev–Trinajstić information content (AvgIpc) is 3.18. The lowest BCUT2D eigenvalue weighted by Crippen LogP contribution is -2.42. The van der Waals surface area contributed by atoms with E-state index in [2.05, 4.69) is 13.5 Å². The number of carbonyl (C=O) groups is 1. The minimum absolute atomic E-state index is 0.0781. The first kappa shape index (κ1) is 9.79. The van der Waals surface area contributed by atoms with Crippen molar-refractivity contribution in [2.24, 2.45) is 23.2 Å². The third-order valence-corrected chi connectivity index (χ3v) is 6.24. The van der Waals surface area contributed by atoms with Crippen molar-refractivity contribution in [1.29, 1.82) is 0 Å². The minimum Gasteiger partial charge on any atom is -0.423 e. The van der Waals surface area contributed by atoms with Crippen LogP contribution in [-0.4, -0.2) is 17.9 Å². The standard InChI is InChI=1S/C15H16O3/c1-6-8-4-11(8)14(3)9(6)5-10-7(2)12(16)17-15(10)13(14)18-15/h8-9,11,13H,1,4-5H2,2-3H3/t8-,9+,11-,13+,14-,15-/m0/s1. The van der Waals surface area contributed by atoms with Crippen LogP contribution in [0.3, 0.4) is 0 Å². The van der Waals surface area contributed by atoms with Crippen LogP contribution in [0.15, 0.2) is 23.3 Å². The zero-order valence-corrected chi connectivity index (χ0v) is 10.7. The Balaban J connectivity index is 1.69. The van der Waals surface area contributed by atoms with Crippen molar-refractivity contribution in [3.8, 4) is 0 Å². The second kappa shape index (κ2) is 2.34. The average molecular weight is 244 g/mol. The summed E-state index contributed by atoms with van der Waals surface area (Å²) >= 11 is 0. The summed E-state index contributed by atoms with van der Waals surface area (Å²) in [6.45, 7) is 8.50. The Labute approximate surface area is 106 Å². The molecule has 4 fully saturated rings. The summed E-state index contributed by atoms with van der Waals surface area (Å²) < 4.78 is 11.5. The highest BCUT2D eigenvalue weighted by molar-refractivity contribution is 5.93. The zero-order valence-electron chi connectivity index (χ0n) is 10.7. The molecule has 3 heteroatoms. The summed E-state index contributed by atoms with van der Waals surface area (Å²) in [7, 11) is 0. The molecule has 3 aliphatic carbocycles. The first-order valence-corrected chi connectivity index (χ1v) is 6.80. The van der Waals surface area contributed by atoms with Crippen molar-refractivity contribution in [3.05, 3.63) is 23.3 Å². The van der Waals surface area contributed by atoms with E-state index in [1.807, 2.05) is 6.92 Å². The van der Waals surface area contributed by atoms with Gasteiger partial charge in [0.25, 0.3) is 5.79 Å². The number of epoxide rings is 1. The van der Waals surface area contributed by atoms with Crippen molar-refractivity contribution in [1.82, 2.24) is 0 Å². The number of hydrogen-bond acceptors (Lipinski definition) is 3. The molecule has 0 amide bonds. The maximum Gasteiger partial charge on any atom is 0.336 e. The van der Waals surface area contributed by atoms with Gasteiger partial charge in [0.2, 0.25) is 0 Å². The van der Waals surface area contributed by atoms with Gasteiger partial charge in [-0.2, -0.15) is 0 Å². The third kappa shape index (κ3) is 0.729. The molecule has 0 bridgehead atoms. The zero-order chi connectivity index (χ0) is 12.4. The van der Waals surface area contributed by atoms with Gasteiger partial charge in [-0.15, -0.1) is 0 Å². The summed E-state index contributed by atoms with van der Waals surface area (Å²) in [6.07, 6.45) is 2.25. The molecule has 1 spiro atoms. The third-order valence-electron chi connectivity index (χ3n) is 6.24. The fourth-order valence-corrected chi connectivity index (χ4v) is 5.08. The van der Waals surface area contributed by atoms with Crippen molar-refractivity contribution < 1.29 is 14.3 Å². The Bertz CT molecular complexity index is 574. The lowest BCUT2D eigenvalue weighted by molar-refractivity contribution is -0.146. The second-order valence-corrected chi connectivity index (χ2v) is 6.80. The number of rotatable bonds is 0. The van der Waals surface area contributed by atoms with Crippen molar-refractivity contribution in [2.75, 3.05) is 0 Å². The van der Waals surface area contributed by atoms with Gasteiger partial charge in [0.1, 0.15) is 6.10 Å². The summed E-state index contributed by atoms with van der Waals surface area (Å²) in [5.74, 6) is 1.05. The Hall–Kier alpha value is -1.09. The Morgan fingerprint density at radius 2 is 2.22 bits per heavy atom. The van der Waals surface area contributed by atoms with Crippen LogP contribution in [-0.2, 0) is 14.3 Å². The molecule has 0 aromatic carbocycles. The fourth-order valence-electron chi connectivity index (χ4n) is 5.08. The fraction of sp³-hybridized carbons (Fsp3) is 0.667. The monoisotopic (exact) mass is 244 g/mol. The summed E-state index contributed by atoms with van der Waals surface area (Å²) in [5.41, 5.74) is 3.41. The summed E-state index contributed by atoms with van der Waals surface area (Å²) in [6, 6.07) is 0. The normalized spacial score (nSPS) is 58.8. The van der Waals surface area contributed by atoms with Gasteiger partial charge >= 0.3 is 5.97 Å². The SMILES string of the molecule is C=C1[C@H]2CC3=C(C)C(=O)O[C@]34O[C@@H]4[C@]2(C)[C@H]2C[C@@H]12. The van der Waals surface area contributed by atoms with Crippen LogP contribution in [0.5, 0.6) is 0 Å². The van der Waals surface area contributed by atoms with Gasteiger partial charge in [0, 0.05) is 16.6 Å². The van der Waals surface area contributed by atoms with Crippen molar-refractivity contribution >= 4 is 5.97 Å². The predicted octanol–water partition coefficient (Wildman–Crippen LogP) is 2.19. The lowest BCUT2D eigenvalue weighted by Gasteiger charge is -2.38. The van der Waals surface area contributed by atoms with E-state index < -0.39 is 5.79 Å². The van der Waals surface area contributed by atoms with Gasteiger partial charge < -0.3 is 9.47 Å². The highest BCUT2D eigenvalue weighted by Crippen LogP contribution is 2.78. The molecule has 6 atom stereocenters. The number of hydrogen-bond donors (Lipinski definition) is 0. The van der Waals surface area contributed by atoms with Crippen LogP contribution in [0, 0.1) is 23.2 Å². The van der Waals surface area contributed by atoms with Gasteiger partial charge in [0.15, 0.2) is 0 Å². The molecule has 0 aromatic rings. The Morgan fingerprint density at radius 1 is 1.44 bits per heavy atom. The molecule has 1 saturated heterocycles. The number of allylic oxidation sites excluding steroid dienone is 1. The maximum absolute atomic E-state index is 11.8. The lowest BCUT2D eigenvalue weighted by atomic mass is 9.63. The molecular weight excluding hydrogens is 228 g/mol. The second-order valence-electron chi connectivity index (χ2n) is 6.80. The molecule has 5 aliphatic rings. The quantitative estimate of drug-likeness (QED) is 0.372. The number of fused-ring (bicyclic) bond motifs is 4. The molecular formula is C15H16O3. The van der Waals surface area contributed by atoms with E-state index in [1.165, 1.54) is 12.0 Å². The molecule has 0 radical (unpaired) electrons. The van der Waals surface area contributed by atoms with Crippen LogP contribution in [0.2, 0.25) is 0 Å². The molecule has 0 N–H and O–H groups in total. The maximum atomic E-state index is 11.8. The van der Waals surface area contributed by atoms with E-state index in [9.17, 15) is 4.79 Å². The van der Waals surface area contributed by atoms with Gasteiger partial charge in [0.05, 0.1) is 0 Å². The smallest absolute Gasteiger partial charge is 0.336 e. The molecule has 3 nitrogen and oxygen atoms in total. The van der Waals surface area contributed by atoms with Crippen LogP contribution in [0.1, 0.15) is 26.7 Å². The number of carbonyl (C=O) groups excluding carboxylic acids is 1. The number of ether oxygens (including phenoxy) is 2. The summed E-state index contributed by atoms with van der Waals surface area (Å²) in [5, 5.41) is 0. The first-order chi connectivity index (χ1) is 8.50. The van der Waals surface area contributed by atoms with Gasteiger partial charge in [-0.3, -0.25) is 0 Å². The van der Waals surface area contributed by atoms with E-state index in [0.717, 1.165) is 17.6 Å². The molecule has 0 unspecified atom stereocenters. The molecule has 2 heterocycles. The molecule has 0 aromatic heterocycles. The van der Waals surface area contributed by atoms with E-state index in [4.69, 9.17) is 9.47 Å². The van der Waals surface area contributed by atoms with Crippen LogP contribution < -0.4 is 0 Å². The van der Waals surface area contributed by atoms with E-state index in [0.29, 0.717) is 17.8 Å². The molecule has 5 rings (SSSR count). The molecule has 2 aliphatic heterocycles. The van der Waals surface area contributed by atoms with Gasteiger partial charge in [-0.1, -0.05) is 19.1 Å². The van der Waals surface area contributed by atoms with Crippen molar-refractivity contribution in [3.63, 3.8) is 0 Å². The highest BCUT2D eigenvalue weighted by Gasteiger charge is 2.82. The predicted molar refractivity (Wildman–Crippen MR) is 63.3 cm³/mol. The van der Waals surface area contributed by atoms with Crippen molar-refractivity contribution in [2.45, 2.75) is 38.6 Å². The van der Waals surface area contributed by atoms with Crippen LogP contribution in [0.4, 0.5) is 0 Å². The van der Waals surface area contributed by atoms with Gasteiger partial charge in [-0.25, -0.2) is 4.79 Å². The van der Waals surface area contributed by atoms with E-state index in [1.54, 1.807) is 0 Å². The highest BCUT2D eigenvalue weighted by atomic mass is 16.8. The van der Waals surface area contributed by atoms with E-state index >= 15 is 0 Å². The molecule has 94 valence electrons. The first-order valence-electron chi connectivity index (χ1n) is 6.80. The summed E-state index contributed by atoms with van der Waals surface area (Å²) in [4.78, 5) is 11.8. The Kier molecular flexibility index (Phi) is 1.27. The van der Waals surface area contributed by atoms with E-state index in [-0.39, 0.29) is 17.5 Å². The van der Waals surface area contributed by atoms with Crippen LogP contribution >= 0.6 is 0 Å².